The van der Waals surface area contributed by atoms with Crippen LogP contribution >= 0.6 is 0 Å². The number of aromatic nitrogens is 3. The van der Waals surface area contributed by atoms with Crippen LogP contribution in [0.5, 0.6) is 5.75 Å². The van der Waals surface area contributed by atoms with E-state index in [4.69, 9.17) is 4.74 Å². The van der Waals surface area contributed by atoms with E-state index in [1.165, 1.54) is 13.3 Å². The summed E-state index contributed by atoms with van der Waals surface area (Å²) in [6.45, 7) is 4.13. The van der Waals surface area contributed by atoms with Crippen molar-refractivity contribution in [3.8, 4) is 5.75 Å². The molecule has 0 fully saturated rings. The lowest BCUT2D eigenvalue weighted by atomic mass is 10.1. The number of aryl methyl sites for hydroxylation is 1. The highest BCUT2D eigenvalue weighted by atomic mass is 16.5. The first-order valence-corrected chi connectivity index (χ1v) is 8.64. The minimum atomic E-state index is -0.138. The second kappa shape index (κ2) is 7.55. The number of methoxy groups -OCH3 is 1. The van der Waals surface area contributed by atoms with Crippen LogP contribution in [0.25, 0.3) is 0 Å². The van der Waals surface area contributed by atoms with E-state index in [2.05, 4.69) is 10.1 Å². The SMILES string of the molecule is CCN(C)C(=O)c1cnn2c1CN(C(=O)c1ccncc1OC)CCC2. The van der Waals surface area contributed by atoms with Crippen molar-refractivity contribution in [3.63, 3.8) is 0 Å². The van der Waals surface area contributed by atoms with E-state index in [0.717, 1.165) is 12.1 Å². The number of ether oxygens (including phenoxy) is 1. The molecule has 0 aliphatic carbocycles. The average Bonchev–Trinajstić information content (AvgIpc) is 2.95. The van der Waals surface area contributed by atoms with Gasteiger partial charge in [-0.05, 0) is 19.4 Å². The molecule has 0 N–H and O–H groups in total. The first kappa shape index (κ1) is 17.9. The largest absolute Gasteiger partial charge is 0.494 e. The van der Waals surface area contributed by atoms with Gasteiger partial charge in [0.2, 0.25) is 0 Å². The zero-order chi connectivity index (χ0) is 18.7. The van der Waals surface area contributed by atoms with Gasteiger partial charge in [0.15, 0.2) is 0 Å². The zero-order valence-electron chi connectivity index (χ0n) is 15.3. The van der Waals surface area contributed by atoms with Crippen LogP contribution in [-0.4, -0.2) is 63.6 Å². The quantitative estimate of drug-likeness (QED) is 0.827. The van der Waals surface area contributed by atoms with E-state index in [1.54, 1.807) is 35.3 Å². The predicted molar refractivity (Wildman–Crippen MR) is 95.0 cm³/mol. The van der Waals surface area contributed by atoms with Gasteiger partial charge in [-0.15, -0.1) is 0 Å². The van der Waals surface area contributed by atoms with Crippen LogP contribution in [0.1, 0.15) is 39.8 Å². The van der Waals surface area contributed by atoms with Crippen LogP contribution in [0.3, 0.4) is 0 Å². The number of carbonyl (C=O) groups is 2. The molecule has 1 aliphatic heterocycles. The molecule has 0 atom stereocenters. The van der Waals surface area contributed by atoms with E-state index in [1.807, 2.05) is 11.6 Å². The van der Waals surface area contributed by atoms with Crippen molar-refractivity contribution in [1.82, 2.24) is 24.6 Å². The van der Waals surface area contributed by atoms with E-state index in [0.29, 0.717) is 43.1 Å². The Hall–Kier alpha value is -2.90. The van der Waals surface area contributed by atoms with Crippen LogP contribution < -0.4 is 4.74 Å². The summed E-state index contributed by atoms with van der Waals surface area (Å²) in [5, 5.41) is 4.35. The normalized spacial score (nSPS) is 13.7. The first-order valence-electron chi connectivity index (χ1n) is 8.64. The van der Waals surface area contributed by atoms with Crippen LogP contribution in [0.15, 0.2) is 24.7 Å². The summed E-state index contributed by atoms with van der Waals surface area (Å²) in [4.78, 5) is 33.0. The number of carbonyl (C=O) groups excluding carboxylic acids is 2. The highest BCUT2D eigenvalue weighted by molar-refractivity contribution is 5.97. The molecule has 26 heavy (non-hydrogen) atoms. The van der Waals surface area contributed by atoms with Gasteiger partial charge < -0.3 is 14.5 Å². The molecule has 8 nitrogen and oxygen atoms in total. The molecule has 2 aromatic heterocycles. The predicted octanol–water partition coefficient (Wildman–Crippen LogP) is 1.42. The molecule has 1 aliphatic rings. The maximum Gasteiger partial charge on any atom is 0.258 e. The van der Waals surface area contributed by atoms with Gasteiger partial charge in [0.05, 0.1) is 42.9 Å². The summed E-state index contributed by atoms with van der Waals surface area (Å²) in [5.74, 6) is 0.225. The van der Waals surface area contributed by atoms with Crippen molar-refractivity contribution < 1.29 is 14.3 Å². The number of hydrogen-bond donors (Lipinski definition) is 0. The van der Waals surface area contributed by atoms with E-state index in [9.17, 15) is 9.59 Å². The number of pyridine rings is 1. The number of rotatable bonds is 4. The Balaban J connectivity index is 1.91. The van der Waals surface area contributed by atoms with Gasteiger partial charge in [-0.1, -0.05) is 0 Å². The molecule has 2 aromatic rings. The van der Waals surface area contributed by atoms with Gasteiger partial charge in [0.25, 0.3) is 11.8 Å². The van der Waals surface area contributed by atoms with Crippen LogP contribution in [0, 0.1) is 0 Å². The topological polar surface area (TPSA) is 80.6 Å². The van der Waals surface area contributed by atoms with Crippen molar-refractivity contribution in [2.24, 2.45) is 0 Å². The molecule has 2 amide bonds. The molecule has 0 aromatic carbocycles. The van der Waals surface area contributed by atoms with Crippen LogP contribution in [-0.2, 0) is 13.1 Å². The smallest absolute Gasteiger partial charge is 0.258 e. The third-order valence-electron chi connectivity index (χ3n) is 4.66. The molecule has 3 heterocycles. The summed E-state index contributed by atoms with van der Waals surface area (Å²) < 4.78 is 7.09. The van der Waals surface area contributed by atoms with E-state index < -0.39 is 0 Å². The van der Waals surface area contributed by atoms with Crippen molar-refractivity contribution >= 4 is 11.8 Å². The summed E-state index contributed by atoms with van der Waals surface area (Å²) in [6, 6.07) is 1.65. The van der Waals surface area contributed by atoms with E-state index in [-0.39, 0.29) is 11.8 Å². The highest BCUT2D eigenvalue weighted by Crippen LogP contribution is 2.23. The van der Waals surface area contributed by atoms with Gasteiger partial charge in [-0.25, -0.2) is 0 Å². The second-order valence-corrected chi connectivity index (χ2v) is 6.20. The molecule has 3 rings (SSSR count). The Morgan fingerprint density at radius 3 is 2.81 bits per heavy atom. The molecule has 0 bridgehead atoms. The Morgan fingerprint density at radius 1 is 1.27 bits per heavy atom. The maximum absolute atomic E-state index is 13.0. The lowest BCUT2D eigenvalue weighted by Gasteiger charge is -2.22. The number of nitrogens with zero attached hydrogens (tertiary/aromatic N) is 5. The summed E-state index contributed by atoms with van der Waals surface area (Å²) >= 11 is 0. The summed E-state index contributed by atoms with van der Waals surface area (Å²) in [5.41, 5.74) is 1.79. The van der Waals surface area contributed by atoms with Crippen molar-refractivity contribution in [2.75, 3.05) is 27.2 Å². The summed E-state index contributed by atoms with van der Waals surface area (Å²) in [7, 11) is 3.27. The lowest BCUT2D eigenvalue weighted by molar-refractivity contribution is 0.0733. The molecule has 138 valence electrons. The Bertz CT molecular complexity index is 817. The maximum atomic E-state index is 13.0. The molecule has 0 saturated carbocycles. The fraction of sp³-hybridized carbons (Fsp3) is 0.444. The monoisotopic (exact) mass is 357 g/mol. The Morgan fingerprint density at radius 2 is 2.08 bits per heavy atom. The molecular weight excluding hydrogens is 334 g/mol. The summed E-state index contributed by atoms with van der Waals surface area (Å²) in [6.07, 6.45) is 5.47. The minimum absolute atomic E-state index is 0.0791. The third-order valence-corrected chi connectivity index (χ3v) is 4.66. The van der Waals surface area contributed by atoms with Crippen molar-refractivity contribution in [3.05, 3.63) is 41.5 Å². The fourth-order valence-corrected chi connectivity index (χ4v) is 3.03. The second-order valence-electron chi connectivity index (χ2n) is 6.20. The molecule has 0 unspecified atom stereocenters. The van der Waals surface area contributed by atoms with Crippen LogP contribution in [0.4, 0.5) is 0 Å². The molecule has 0 spiro atoms. The van der Waals surface area contributed by atoms with Gasteiger partial charge >= 0.3 is 0 Å². The van der Waals surface area contributed by atoms with Crippen LogP contribution in [0.2, 0.25) is 0 Å². The third kappa shape index (κ3) is 3.26. The number of amides is 2. The standard InChI is InChI=1S/C18H23N5O3/c1-4-21(2)17(24)14-10-20-23-9-5-8-22(12-15(14)23)18(25)13-6-7-19-11-16(13)26-3/h6-7,10-11H,4-5,8-9,12H2,1-3H3. The van der Waals surface area contributed by atoms with Crippen molar-refractivity contribution in [1.29, 1.82) is 0 Å². The van der Waals surface area contributed by atoms with E-state index >= 15 is 0 Å². The first-order chi connectivity index (χ1) is 12.6. The minimum Gasteiger partial charge on any atom is -0.494 e. The average molecular weight is 357 g/mol. The van der Waals surface area contributed by atoms with Crippen molar-refractivity contribution in [2.45, 2.75) is 26.4 Å². The zero-order valence-corrected chi connectivity index (χ0v) is 15.3. The fourth-order valence-electron chi connectivity index (χ4n) is 3.03. The highest BCUT2D eigenvalue weighted by Gasteiger charge is 2.27. The van der Waals surface area contributed by atoms with Gasteiger partial charge in [0.1, 0.15) is 5.75 Å². The van der Waals surface area contributed by atoms with Gasteiger partial charge in [-0.2, -0.15) is 5.10 Å². The number of hydrogen-bond acceptors (Lipinski definition) is 5. The van der Waals surface area contributed by atoms with Gasteiger partial charge in [-0.3, -0.25) is 19.3 Å². The number of fused-ring (bicyclic) bond motifs is 1. The molecule has 0 radical (unpaired) electrons. The van der Waals surface area contributed by atoms with Gasteiger partial charge in [0, 0.05) is 32.9 Å². The Labute approximate surface area is 152 Å². The molecule has 8 heteroatoms. The lowest BCUT2D eigenvalue weighted by Crippen LogP contribution is -2.32. The molecular formula is C18H23N5O3. The molecule has 0 saturated heterocycles. The Kier molecular flexibility index (Phi) is 5.20.